The lowest BCUT2D eigenvalue weighted by atomic mass is 10.0. The Bertz CT molecular complexity index is 1470. The molecule has 1 fully saturated rings. The minimum Gasteiger partial charge on any atom is -0.493 e. The van der Waals surface area contributed by atoms with E-state index in [1.165, 1.54) is 13.2 Å². The van der Waals surface area contributed by atoms with Crippen LogP contribution in [0.2, 0.25) is 10.0 Å². The fourth-order valence-electron chi connectivity index (χ4n) is 3.77. The van der Waals surface area contributed by atoms with E-state index in [2.05, 4.69) is 27.9 Å². The number of halogens is 3. The molecule has 0 unspecified atom stereocenters. The molecule has 3 aromatic rings. The van der Waals surface area contributed by atoms with E-state index in [1.54, 1.807) is 36.4 Å². The Hall–Kier alpha value is -3.08. The maximum atomic E-state index is 13.3. The van der Waals surface area contributed by atoms with Crippen LogP contribution in [-0.4, -0.2) is 25.0 Å². The molecule has 0 aliphatic carbocycles. The van der Waals surface area contributed by atoms with Crippen molar-refractivity contribution >= 4 is 75.4 Å². The molecule has 0 atom stereocenters. The summed E-state index contributed by atoms with van der Waals surface area (Å²) in [5.74, 6) is -0.588. The van der Waals surface area contributed by atoms with Crippen LogP contribution in [0.4, 0.5) is 10.5 Å². The number of urea groups is 1. The van der Waals surface area contributed by atoms with Gasteiger partial charge >= 0.3 is 6.03 Å². The maximum Gasteiger partial charge on any atom is 0.335 e. The summed E-state index contributed by atoms with van der Waals surface area (Å²) in [6, 6.07) is 13.1. The van der Waals surface area contributed by atoms with Crippen LogP contribution in [0.3, 0.4) is 0 Å². The molecule has 1 aliphatic rings. The zero-order valence-corrected chi connectivity index (χ0v) is 23.7. The summed E-state index contributed by atoms with van der Waals surface area (Å²) in [6.45, 7) is 3.92. The van der Waals surface area contributed by atoms with Crippen molar-refractivity contribution < 1.29 is 23.9 Å². The van der Waals surface area contributed by atoms with Gasteiger partial charge in [-0.2, -0.15) is 0 Å². The first-order valence-corrected chi connectivity index (χ1v) is 12.9. The highest BCUT2D eigenvalue weighted by atomic mass is 127. The molecule has 1 N–H and O–H groups in total. The van der Waals surface area contributed by atoms with E-state index >= 15 is 0 Å². The SMILES string of the molecule is COc1cc(/C=C2\C(=O)NC(=O)N(c3cccc(C)c3C)C2=O)cc(I)c1OCc1ccc(Cl)c(Cl)c1. The third-order valence-corrected chi connectivity index (χ3v) is 7.39. The number of barbiturate groups is 1. The van der Waals surface area contributed by atoms with E-state index in [0.29, 0.717) is 36.4 Å². The number of nitrogens with zero attached hydrogens (tertiary/aromatic N) is 1. The third-order valence-electron chi connectivity index (χ3n) is 5.85. The lowest BCUT2D eigenvalue weighted by Gasteiger charge is -2.28. The molecule has 3 aromatic carbocycles. The summed E-state index contributed by atoms with van der Waals surface area (Å²) in [7, 11) is 1.49. The zero-order chi connectivity index (χ0) is 26.9. The van der Waals surface area contributed by atoms with Crippen molar-refractivity contribution in [2.24, 2.45) is 0 Å². The molecule has 190 valence electrons. The van der Waals surface area contributed by atoms with Gasteiger partial charge in [-0.1, -0.05) is 41.4 Å². The van der Waals surface area contributed by atoms with Gasteiger partial charge in [0.25, 0.3) is 11.8 Å². The predicted octanol–water partition coefficient (Wildman–Crippen LogP) is 6.47. The lowest BCUT2D eigenvalue weighted by molar-refractivity contribution is -0.122. The summed E-state index contributed by atoms with van der Waals surface area (Å²) >= 11 is 14.2. The molecule has 10 heteroatoms. The van der Waals surface area contributed by atoms with Crippen molar-refractivity contribution in [2.45, 2.75) is 20.5 Å². The number of carbonyl (C=O) groups excluding carboxylic acids is 3. The number of amides is 4. The van der Waals surface area contributed by atoms with Crippen molar-refractivity contribution in [2.75, 3.05) is 12.0 Å². The highest BCUT2D eigenvalue weighted by Gasteiger charge is 2.37. The Kier molecular flexibility index (Phi) is 8.11. The van der Waals surface area contributed by atoms with Gasteiger partial charge in [-0.05, 0) is 95.1 Å². The molecule has 1 saturated heterocycles. The Morgan fingerprint density at radius 3 is 2.49 bits per heavy atom. The molecule has 0 aromatic heterocycles. The van der Waals surface area contributed by atoms with Gasteiger partial charge in [0.1, 0.15) is 12.2 Å². The van der Waals surface area contributed by atoms with E-state index in [4.69, 9.17) is 32.7 Å². The van der Waals surface area contributed by atoms with Gasteiger partial charge in [-0.3, -0.25) is 14.9 Å². The molecule has 7 nitrogen and oxygen atoms in total. The number of ether oxygens (including phenoxy) is 2. The second-order valence-corrected chi connectivity index (χ2v) is 10.2. The first-order valence-electron chi connectivity index (χ1n) is 11.0. The van der Waals surface area contributed by atoms with Gasteiger partial charge in [0.2, 0.25) is 0 Å². The second-order valence-electron chi connectivity index (χ2n) is 8.25. The Morgan fingerprint density at radius 2 is 1.78 bits per heavy atom. The summed E-state index contributed by atoms with van der Waals surface area (Å²) in [5, 5.41) is 3.14. The average Bonchev–Trinajstić information content (AvgIpc) is 2.85. The van der Waals surface area contributed by atoms with Crippen LogP contribution >= 0.6 is 45.8 Å². The quantitative estimate of drug-likeness (QED) is 0.188. The minimum atomic E-state index is -0.793. The van der Waals surface area contributed by atoms with Crippen molar-refractivity contribution in [1.82, 2.24) is 5.32 Å². The van der Waals surface area contributed by atoms with Gasteiger partial charge in [0.15, 0.2) is 11.5 Å². The van der Waals surface area contributed by atoms with E-state index < -0.39 is 17.8 Å². The van der Waals surface area contributed by atoms with Crippen LogP contribution in [0.5, 0.6) is 11.5 Å². The van der Waals surface area contributed by atoms with E-state index in [9.17, 15) is 14.4 Å². The molecular weight excluding hydrogens is 630 g/mol. The van der Waals surface area contributed by atoms with Gasteiger partial charge in [-0.15, -0.1) is 0 Å². The van der Waals surface area contributed by atoms with Crippen LogP contribution in [0.15, 0.2) is 54.1 Å². The molecule has 4 rings (SSSR count). The van der Waals surface area contributed by atoms with E-state index in [1.807, 2.05) is 26.0 Å². The number of nitrogens with one attached hydrogen (secondary N) is 1. The third kappa shape index (κ3) is 5.61. The van der Waals surface area contributed by atoms with Crippen LogP contribution in [0.1, 0.15) is 22.3 Å². The molecule has 0 spiro atoms. The Morgan fingerprint density at radius 1 is 1.03 bits per heavy atom. The van der Waals surface area contributed by atoms with Gasteiger partial charge in [0, 0.05) is 0 Å². The molecule has 0 radical (unpaired) electrons. The van der Waals surface area contributed by atoms with Crippen molar-refractivity contribution in [3.63, 3.8) is 0 Å². The smallest absolute Gasteiger partial charge is 0.335 e. The Balaban J connectivity index is 1.65. The highest BCUT2D eigenvalue weighted by molar-refractivity contribution is 14.1. The molecule has 0 bridgehead atoms. The fraction of sp³-hybridized carbons (Fsp3) is 0.148. The monoisotopic (exact) mass is 650 g/mol. The average molecular weight is 651 g/mol. The molecule has 4 amide bonds. The van der Waals surface area contributed by atoms with Gasteiger partial charge in [0.05, 0.1) is 26.4 Å². The highest BCUT2D eigenvalue weighted by Crippen LogP contribution is 2.36. The van der Waals surface area contributed by atoms with Crippen LogP contribution in [0, 0.1) is 17.4 Å². The van der Waals surface area contributed by atoms with E-state index in [-0.39, 0.29) is 12.2 Å². The standard InChI is InChI=1S/C27H21Cl2IN2O5/c1-14-5-4-6-22(15(14)2)32-26(34)18(25(33)31-27(32)35)9-17-11-21(30)24(23(12-17)36-3)37-13-16-7-8-19(28)20(29)10-16/h4-12H,13H2,1-3H3,(H,31,33,35)/b18-9+. The van der Waals surface area contributed by atoms with Gasteiger partial charge in [-0.25, -0.2) is 9.69 Å². The fourth-order valence-corrected chi connectivity index (χ4v) is 4.87. The minimum absolute atomic E-state index is 0.178. The molecular formula is C27H21Cl2IN2O5. The van der Waals surface area contributed by atoms with Crippen LogP contribution < -0.4 is 19.7 Å². The maximum absolute atomic E-state index is 13.3. The Labute approximate surface area is 237 Å². The van der Waals surface area contributed by atoms with Crippen LogP contribution in [-0.2, 0) is 16.2 Å². The number of carbonyl (C=O) groups is 3. The van der Waals surface area contributed by atoms with Crippen molar-refractivity contribution in [1.29, 1.82) is 0 Å². The molecule has 1 heterocycles. The number of benzene rings is 3. The second kappa shape index (κ2) is 11.1. The number of rotatable bonds is 6. The first-order chi connectivity index (χ1) is 17.6. The van der Waals surface area contributed by atoms with Crippen molar-refractivity contribution in [3.8, 4) is 11.5 Å². The number of imide groups is 2. The number of anilines is 1. The summed E-state index contributed by atoms with van der Waals surface area (Å²) in [4.78, 5) is 39.5. The number of hydrogen-bond donors (Lipinski definition) is 1. The number of aryl methyl sites for hydroxylation is 1. The van der Waals surface area contributed by atoms with Gasteiger partial charge < -0.3 is 9.47 Å². The summed E-state index contributed by atoms with van der Waals surface area (Å²) in [5.41, 5.74) is 3.26. The molecule has 1 aliphatic heterocycles. The van der Waals surface area contributed by atoms with Crippen molar-refractivity contribution in [3.05, 3.63) is 90.0 Å². The molecule has 37 heavy (non-hydrogen) atoms. The lowest BCUT2D eigenvalue weighted by Crippen LogP contribution is -2.54. The largest absolute Gasteiger partial charge is 0.493 e. The summed E-state index contributed by atoms with van der Waals surface area (Å²) < 4.78 is 12.2. The first kappa shape index (κ1) is 27.0. The zero-order valence-electron chi connectivity index (χ0n) is 20.0. The predicted molar refractivity (Wildman–Crippen MR) is 151 cm³/mol. The normalized spacial score (nSPS) is 14.7. The van der Waals surface area contributed by atoms with Crippen LogP contribution in [0.25, 0.3) is 6.08 Å². The topological polar surface area (TPSA) is 84.9 Å². The number of hydrogen-bond acceptors (Lipinski definition) is 5. The van der Waals surface area contributed by atoms with E-state index in [0.717, 1.165) is 21.6 Å². The molecule has 0 saturated carbocycles. The number of methoxy groups -OCH3 is 1. The summed E-state index contributed by atoms with van der Waals surface area (Å²) in [6.07, 6.45) is 1.43.